The Morgan fingerprint density at radius 3 is 2.84 bits per heavy atom. The lowest BCUT2D eigenvalue weighted by Gasteiger charge is -2.15. The highest BCUT2D eigenvalue weighted by molar-refractivity contribution is 6.28. The summed E-state index contributed by atoms with van der Waals surface area (Å²) in [6, 6.07) is 0. The molecule has 1 aromatic heterocycles. The monoisotopic (exact) mass is 280 g/mol. The van der Waals surface area contributed by atoms with E-state index in [1.54, 1.807) is 0 Å². The van der Waals surface area contributed by atoms with E-state index in [0.29, 0.717) is 11.2 Å². The summed E-state index contributed by atoms with van der Waals surface area (Å²) in [5.41, 5.74) is 1.24. The molecule has 3 rings (SSSR count). The quantitative estimate of drug-likeness (QED) is 0.643. The molecule has 1 aliphatic heterocycles. The zero-order valence-corrected chi connectivity index (χ0v) is 12.0. The van der Waals surface area contributed by atoms with Crippen LogP contribution in [0.5, 0.6) is 0 Å². The van der Waals surface area contributed by atoms with Gasteiger partial charge in [0.05, 0.1) is 0 Å². The van der Waals surface area contributed by atoms with Gasteiger partial charge in [-0.1, -0.05) is 0 Å². The lowest BCUT2D eigenvalue weighted by Crippen LogP contribution is -2.22. The molecule has 0 spiro atoms. The number of anilines is 1. The molecular formula is C14H21ClN4. The minimum absolute atomic E-state index is 0.339. The van der Waals surface area contributed by atoms with E-state index in [1.807, 2.05) is 6.20 Å². The molecule has 0 amide bonds. The normalized spacial score (nSPS) is 19.8. The van der Waals surface area contributed by atoms with Crippen molar-refractivity contribution in [3.8, 4) is 0 Å². The fraction of sp³-hybridized carbons (Fsp3) is 0.714. The van der Waals surface area contributed by atoms with Crippen LogP contribution in [0, 0.1) is 0 Å². The van der Waals surface area contributed by atoms with Crippen LogP contribution < -0.4 is 5.32 Å². The summed E-state index contributed by atoms with van der Waals surface area (Å²) in [6.07, 6.45) is 8.28. The molecule has 19 heavy (non-hydrogen) atoms. The third-order valence-corrected chi connectivity index (χ3v) is 4.13. The van der Waals surface area contributed by atoms with Crippen molar-refractivity contribution < 1.29 is 0 Å². The summed E-state index contributed by atoms with van der Waals surface area (Å²) in [6.45, 7) is 4.69. The van der Waals surface area contributed by atoms with E-state index in [-0.39, 0.29) is 0 Å². The van der Waals surface area contributed by atoms with Crippen LogP contribution in [-0.2, 0) is 0 Å². The van der Waals surface area contributed by atoms with Gasteiger partial charge in [0.25, 0.3) is 0 Å². The Bertz CT molecular complexity index is 427. The molecule has 2 heterocycles. The van der Waals surface area contributed by atoms with Gasteiger partial charge in [-0.3, -0.25) is 0 Å². The van der Waals surface area contributed by atoms with Crippen molar-refractivity contribution >= 4 is 17.4 Å². The van der Waals surface area contributed by atoms with Crippen molar-refractivity contribution in [2.45, 2.75) is 38.0 Å². The molecule has 0 bridgehead atoms. The molecule has 104 valence electrons. The van der Waals surface area contributed by atoms with Gasteiger partial charge in [-0.2, -0.15) is 0 Å². The minimum Gasteiger partial charge on any atom is -0.370 e. The first-order valence-electron chi connectivity index (χ1n) is 7.31. The maximum atomic E-state index is 5.89. The van der Waals surface area contributed by atoms with Gasteiger partial charge in [-0.05, 0) is 69.3 Å². The van der Waals surface area contributed by atoms with Crippen molar-refractivity contribution in [3.05, 3.63) is 17.0 Å². The van der Waals surface area contributed by atoms with Gasteiger partial charge in [0.15, 0.2) is 0 Å². The van der Waals surface area contributed by atoms with Gasteiger partial charge in [-0.25, -0.2) is 9.97 Å². The van der Waals surface area contributed by atoms with Gasteiger partial charge in [0.1, 0.15) is 5.82 Å². The van der Waals surface area contributed by atoms with Crippen molar-refractivity contribution in [1.82, 2.24) is 14.9 Å². The van der Waals surface area contributed by atoms with Crippen LogP contribution in [0.1, 0.15) is 43.6 Å². The first-order valence-corrected chi connectivity index (χ1v) is 7.69. The number of likely N-dealkylation sites (tertiary alicyclic amines) is 1. The Labute approximate surface area is 119 Å². The van der Waals surface area contributed by atoms with Crippen LogP contribution in [0.25, 0.3) is 0 Å². The van der Waals surface area contributed by atoms with Crippen LogP contribution in [-0.4, -0.2) is 41.0 Å². The summed E-state index contributed by atoms with van der Waals surface area (Å²) in [7, 11) is 0. The minimum atomic E-state index is 0.339. The number of nitrogens with one attached hydrogen (secondary N) is 1. The second-order valence-electron chi connectivity index (χ2n) is 5.55. The highest BCUT2D eigenvalue weighted by Gasteiger charge is 2.27. The SMILES string of the molecule is Clc1ncc(C2CC2)c(NCCCN2CCCC2)n1. The molecule has 1 aliphatic carbocycles. The standard InChI is InChI=1S/C14H21ClN4/c15-14-17-10-12(11-4-5-11)13(18-14)16-6-3-9-19-7-1-2-8-19/h10-11H,1-9H2,(H,16,17,18). The van der Waals surface area contributed by atoms with Gasteiger partial charge < -0.3 is 10.2 Å². The summed E-state index contributed by atoms with van der Waals surface area (Å²) in [5, 5.41) is 3.78. The molecule has 0 atom stereocenters. The van der Waals surface area contributed by atoms with Crippen molar-refractivity contribution in [3.63, 3.8) is 0 Å². The molecule has 2 aliphatic rings. The fourth-order valence-electron chi connectivity index (χ4n) is 2.72. The Balaban J connectivity index is 1.49. The number of hydrogen-bond acceptors (Lipinski definition) is 4. The molecule has 5 heteroatoms. The van der Waals surface area contributed by atoms with E-state index in [9.17, 15) is 0 Å². The van der Waals surface area contributed by atoms with Crippen LogP contribution in [0.4, 0.5) is 5.82 Å². The zero-order chi connectivity index (χ0) is 13.1. The number of aromatic nitrogens is 2. The third kappa shape index (κ3) is 3.57. The lowest BCUT2D eigenvalue weighted by atomic mass is 10.2. The molecule has 0 aromatic carbocycles. The predicted molar refractivity (Wildman–Crippen MR) is 77.8 cm³/mol. The summed E-state index contributed by atoms with van der Waals surface area (Å²) >= 11 is 5.89. The average Bonchev–Trinajstić information content (AvgIpc) is 3.12. The number of hydrogen-bond donors (Lipinski definition) is 1. The third-order valence-electron chi connectivity index (χ3n) is 3.95. The second kappa shape index (κ2) is 6.06. The molecular weight excluding hydrogens is 260 g/mol. The number of rotatable bonds is 6. The Morgan fingerprint density at radius 1 is 1.32 bits per heavy atom. The highest BCUT2D eigenvalue weighted by atomic mass is 35.5. The van der Waals surface area contributed by atoms with Crippen LogP contribution in [0.15, 0.2) is 6.20 Å². The van der Waals surface area contributed by atoms with Crippen molar-refractivity contribution in [1.29, 1.82) is 0 Å². The summed E-state index contributed by atoms with van der Waals surface area (Å²) < 4.78 is 0. The lowest BCUT2D eigenvalue weighted by molar-refractivity contribution is 0.337. The van der Waals surface area contributed by atoms with Gasteiger partial charge in [-0.15, -0.1) is 0 Å². The Kier molecular flexibility index (Phi) is 4.18. The van der Waals surface area contributed by atoms with E-state index in [4.69, 9.17) is 11.6 Å². The first-order chi connectivity index (χ1) is 9.33. The molecule has 1 saturated carbocycles. The summed E-state index contributed by atoms with van der Waals surface area (Å²) in [4.78, 5) is 11.0. The molecule has 0 unspecified atom stereocenters. The van der Waals surface area contributed by atoms with E-state index >= 15 is 0 Å². The maximum absolute atomic E-state index is 5.89. The van der Waals surface area contributed by atoms with Crippen molar-refractivity contribution in [2.24, 2.45) is 0 Å². The molecule has 4 nitrogen and oxygen atoms in total. The van der Waals surface area contributed by atoms with E-state index in [1.165, 1.54) is 50.9 Å². The smallest absolute Gasteiger partial charge is 0.224 e. The van der Waals surface area contributed by atoms with Gasteiger partial charge in [0, 0.05) is 18.3 Å². The van der Waals surface area contributed by atoms with Crippen LogP contribution >= 0.6 is 11.6 Å². The van der Waals surface area contributed by atoms with Crippen LogP contribution in [0.3, 0.4) is 0 Å². The molecule has 2 fully saturated rings. The fourth-order valence-corrected chi connectivity index (χ4v) is 2.85. The van der Waals surface area contributed by atoms with E-state index < -0.39 is 0 Å². The average molecular weight is 281 g/mol. The van der Waals surface area contributed by atoms with Crippen LogP contribution in [0.2, 0.25) is 5.28 Å². The Morgan fingerprint density at radius 2 is 2.11 bits per heavy atom. The number of halogens is 1. The highest BCUT2D eigenvalue weighted by Crippen LogP contribution is 2.42. The van der Waals surface area contributed by atoms with Gasteiger partial charge in [0.2, 0.25) is 5.28 Å². The molecule has 0 radical (unpaired) electrons. The largest absolute Gasteiger partial charge is 0.370 e. The first kappa shape index (κ1) is 13.1. The molecule has 1 saturated heterocycles. The topological polar surface area (TPSA) is 41.1 Å². The second-order valence-corrected chi connectivity index (χ2v) is 5.88. The maximum Gasteiger partial charge on any atom is 0.224 e. The van der Waals surface area contributed by atoms with Gasteiger partial charge >= 0.3 is 0 Å². The Hall–Kier alpha value is -0.870. The number of nitrogens with zero attached hydrogens (tertiary/aromatic N) is 3. The van der Waals surface area contributed by atoms with Crippen molar-refractivity contribution in [2.75, 3.05) is 31.5 Å². The zero-order valence-electron chi connectivity index (χ0n) is 11.2. The van der Waals surface area contributed by atoms with E-state index in [0.717, 1.165) is 18.8 Å². The predicted octanol–water partition coefficient (Wildman–Crippen LogP) is 2.91. The summed E-state index contributed by atoms with van der Waals surface area (Å²) in [5.74, 6) is 1.60. The molecule has 1 aromatic rings. The van der Waals surface area contributed by atoms with E-state index in [2.05, 4.69) is 20.2 Å². The molecule has 1 N–H and O–H groups in total.